The molecule has 0 fully saturated rings. The third-order valence-corrected chi connectivity index (χ3v) is 4.35. The zero-order valence-corrected chi connectivity index (χ0v) is 13.2. The molecule has 2 atom stereocenters. The van der Waals surface area contributed by atoms with Crippen LogP contribution in [0, 0.1) is 12.3 Å². The molecule has 2 rings (SSSR count). The Kier molecular flexibility index (Phi) is 6.28. The SMILES string of the molecule is C#CCN(POc1ccccc1)C(C)Cc1ccccc1. The fraction of sp³-hybridized carbons (Fsp3) is 0.222. The van der Waals surface area contributed by atoms with E-state index in [0.717, 1.165) is 12.2 Å². The third-order valence-electron chi connectivity index (χ3n) is 3.19. The lowest BCUT2D eigenvalue weighted by Gasteiger charge is -2.26. The minimum absolute atomic E-state index is 0.230. The highest BCUT2D eigenvalue weighted by atomic mass is 31.1. The molecule has 0 aliphatic carbocycles. The summed E-state index contributed by atoms with van der Waals surface area (Å²) in [5, 5.41) is 0. The monoisotopic (exact) mass is 297 g/mol. The van der Waals surface area contributed by atoms with Gasteiger partial charge in [0.2, 0.25) is 0 Å². The van der Waals surface area contributed by atoms with Crippen molar-refractivity contribution in [3.63, 3.8) is 0 Å². The van der Waals surface area contributed by atoms with Crippen molar-refractivity contribution in [3.8, 4) is 18.1 Å². The van der Waals surface area contributed by atoms with Gasteiger partial charge >= 0.3 is 0 Å². The number of hydrogen-bond donors (Lipinski definition) is 0. The second-order valence-electron chi connectivity index (χ2n) is 4.88. The maximum Gasteiger partial charge on any atom is 0.150 e. The molecule has 0 amide bonds. The second kappa shape index (κ2) is 8.47. The van der Waals surface area contributed by atoms with Crippen molar-refractivity contribution in [1.29, 1.82) is 0 Å². The first-order chi connectivity index (χ1) is 10.3. The third kappa shape index (κ3) is 5.23. The van der Waals surface area contributed by atoms with Gasteiger partial charge in [0.15, 0.2) is 8.96 Å². The number of rotatable bonds is 7. The van der Waals surface area contributed by atoms with Crippen molar-refractivity contribution in [3.05, 3.63) is 66.2 Å². The van der Waals surface area contributed by atoms with Gasteiger partial charge in [0.05, 0.1) is 6.54 Å². The van der Waals surface area contributed by atoms with Gasteiger partial charge in [-0.2, -0.15) is 0 Å². The lowest BCUT2D eigenvalue weighted by atomic mass is 10.1. The topological polar surface area (TPSA) is 12.5 Å². The molecule has 0 aliphatic heterocycles. The molecule has 0 aromatic heterocycles. The molecular weight excluding hydrogens is 277 g/mol. The normalized spacial score (nSPS) is 12.4. The fourth-order valence-corrected chi connectivity index (χ4v) is 2.83. The van der Waals surface area contributed by atoms with Gasteiger partial charge in [-0.25, -0.2) is 4.67 Å². The fourth-order valence-electron chi connectivity index (χ4n) is 2.04. The number of benzene rings is 2. The maximum absolute atomic E-state index is 5.84. The second-order valence-corrected chi connectivity index (χ2v) is 5.84. The molecule has 0 saturated carbocycles. The first-order valence-corrected chi connectivity index (χ1v) is 7.86. The number of para-hydroxylation sites is 1. The number of terminal acetylenes is 1. The Hall–Kier alpha value is -1.81. The van der Waals surface area contributed by atoms with Crippen molar-refractivity contribution < 1.29 is 4.52 Å². The van der Waals surface area contributed by atoms with Gasteiger partial charge in [0.1, 0.15) is 5.75 Å². The van der Waals surface area contributed by atoms with E-state index in [4.69, 9.17) is 10.9 Å². The van der Waals surface area contributed by atoms with Crippen LogP contribution in [0.3, 0.4) is 0 Å². The van der Waals surface area contributed by atoms with Gasteiger partial charge in [-0.15, -0.1) is 6.42 Å². The molecular formula is C18H20NOP. The molecule has 0 N–H and O–H groups in total. The van der Waals surface area contributed by atoms with Gasteiger partial charge in [-0.05, 0) is 31.0 Å². The Bertz CT molecular complexity index is 565. The molecule has 0 spiro atoms. The standard InChI is InChI=1S/C18H20NOP/c1-3-14-19(21-20-18-12-8-5-9-13-18)16(2)15-17-10-6-4-7-11-17/h1,4-13,16,21H,14-15H2,2H3. The molecule has 3 heteroatoms. The van der Waals surface area contributed by atoms with Gasteiger partial charge in [0.25, 0.3) is 0 Å². The summed E-state index contributed by atoms with van der Waals surface area (Å²) < 4.78 is 8.03. The van der Waals surface area contributed by atoms with Crippen LogP contribution in [0.25, 0.3) is 0 Å². The molecule has 0 radical (unpaired) electrons. The summed E-state index contributed by atoms with van der Waals surface area (Å²) in [7, 11) is 0.230. The van der Waals surface area contributed by atoms with Crippen LogP contribution in [0.5, 0.6) is 5.75 Å². The summed E-state index contributed by atoms with van der Waals surface area (Å²) in [6.07, 6.45) is 6.45. The zero-order chi connectivity index (χ0) is 14.9. The van der Waals surface area contributed by atoms with E-state index in [0.29, 0.717) is 12.6 Å². The van der Waals surface area contributed by atoms with Crippen LogP contribution in [-0.2, 0) is 6.42 Å². The van der Waals surface area contributed by atoms with Crippen molar-refractivity contribution >= 4 is 8.96 Å². The Morgan fingerprint density at radius 1 is 1.10 bits per heavy atom. The molecule has 0 bridgehead atoms. The average Bonchev–Trinajstić information content (AvgIpc) is 2.53. The van der Waals surface area contributed by atoms with Gasteiger partial charge in [0, 0.05) is 6.04 Å². The van der Waals surface area contributed by atoms with Crippen molar-refractivity contribution in [2.75, 3.05) is 6.54 Å². The van der Waals surface area contributed by atoms with E-state index >= 15 is 0 Å². The van der Waals surface area contributed by atoms with Crippen LogP contribution in [-0.4, -0.2) is 17.3 Å². The van der Waals surface area contributed by atoms with E-state index in [-0.39, 0.29) is 8.96 Å². The number of nitrogens with zero attached hydrogens (tertiary/aromatic N) is 1. The highest BCUT2D eigenvalue weighted by molar-refractivity contribution is 7.29. The van der Waals surface area contributed by atoms with Gasteiger partial charge < -0.3 is 4.52 Å². The summed E-state index contributed by atoms with van der Waals surface area (Å²) in [6.45, 7) is 2.78. The Balaban J connectivity index is 1.93. The van der Waals surface area contributed by atoms with Crippen molar-refractivity contribution in [2.45, 2.75) is 19.4 Å². The van der Waals surface area contributed by atoms with Crippen LogP contribution in [0.15, 0.2) is 60.7 Å². The largest absolute Gasteiger partial charge is 0.461 e. The summed E-state index contributed by atoms with van der Waals surface area (Å²) in [6, 6.07) is 20.6. The molecule has 0 saturated heterocycles. The maximum atomic E-state index is 5.84. The Morgan fingerprint density at radius 3 is 2.33 bits per heavy atom. The van der Waals surface area contributed by atoms with Crippen molar-refractivity contribution in [2.24, 2.45) is 0 Å². The minimum atomic E-state index is 0.230. The van der Waals surface area contributed by atoms with Crippen LogP contribution >= 0.6 is 8.96 Å². The van der Waals surface area contributed by atoms with Crippen LogP contribution in [0.1, 0.15) is 12.5 Å². The Labute approximate surface area is 129 Å². The highest BCUT2D eigenvalue weighted by Crippen LogP contribution is 2.27. The Morgan fingerprint density at radius 2 is 1.71 bits per heavy atom. The summed E-state index contributed by atoms with van der Waals surface area (Å²) in [4.78, 5) is 0. The highest BCUT2D eigenvalue weighted by Gasteiger charge is 2.14. The van der Waals surface area contributed by atoms with E-state index in [1.54, 1.807) is 0 Å². The molecule has 108 valence electrons. The van der Waals surface area contributed by atoms with E-state index in [2.05, 4.69) is 41.8 Å². The summed E-state index contributed by atoms with van der Waals surface area (Å²) in [5.74, 6) is 3.60. The first-order valence-electron chi connectivity index (χ1n) is 7.01. The van der Waals surface area contributed by atoms with Crippen LogP contribution in [0.2, 0.25) is 0 Å². The molecule has 0 heterocycles. The molecule has 21 heavy (non-hydrogen) atoms. The predicted molar refractivity (Wildman–Crippen MR) is 90.5 cm³/mol. The van der Waals surface area contributed by atoms with E-state index in [9.17, 15) is 0 Å². The van der Waals surface area contributed by atoms with Crippen LogP contribution < -0.4 is 4.52 Å². The smallest absolute Gasteiger partial charge is 0.150 e. The van der Waals surface area contributed by atoms with Crippen LogP contribution in [0.4, 0.5) is 0 Å². The lowest BCUT2D eigenvalue weighted by molar-refractivity contribution is 0.374. The van der Waals surface area contributed by atoms with E-state index < -0.39 is 0 Å². The summed E-state index contributed by atoms with van der Waals surface area (Å²) in [5.41, 5.74) is 1.32. The van der Waals surface area contributed by atoms with E-state index in [1.165, 1.54) is 5.56 Å². The lowest BCUT2D eigenvalue weighted by Crippen LogP contribution is -2.28. The quantitative estimate of drug-likeness (QED) is 0.562. The predicted octanol–water partition coefficient (Wildman–Crippen LogP) is 4.14. The minimum Gasteiger partial charge on any atom is -0.461 e. The van der Waals surface area contributed by atoms with Crippen molar-refractivity contribution in [1.82, 2.24) is 4.67 Å². The van der Waals surface area contributed by atoms with Gasteiger partial charge in [-0.1, -0.05) is 54.5 Å². The van der Waals surface area contributed by atoms with E-state index in [1.807, 2.05) is 36.4 Å². The summed E-state index contributed by atoms with van der Waals surface area (Å²) >= 11 is 0. The molecule has 2 aromatic rings. The molecule has 2 aromatic carbocycles. The molecule has 2 nitrogen and oxygen atoms in total. The zero-order valence-electron chi connectivity index (χ0n) is 12.2. The average molecular weight is 297 g/mol. The molecule has 0 aliphatic rings. The van der Waals surface area contributed by atoms with Gasteiger partial charge in [-0.3, -0.25) is 0 Å². The molecule has 2 unspecified atom stereocenters. The first kappa shape index (κ1) is 15.6. The number of hydrogen-bond acceptors (Lipinski definition) is 2.